The number of Topliss-reactive ketones (excluding diaryl/α,β-unsaturated/α-hetero) is 1. The molecule has 2 unspecified atom stereocenters. The van der Waals surface area contributed by atoms with E-state index in [0.29, 0.717) is 25.7 Å². The molecule has 1 aliphatic heterocycles. The fourth-order valence-electron chi connectivity index (χ4n) is 1.63. The second-order valence-corrected chi connectivity index (χ2v) is 7.65. The van der Waals surface area contributed by atoms with Crippen LogP contribution in [0, 0.1) is 0 Å². The molecule has 0 bridgehead atoms. The van der Waals surface area contributed by atoms with Crippen LogP contribution in [0.5, 0.6) is 0 Å². The zero-order valence-corrected chi connectivity index (χ0v) is 13.4. The van der Waals surface area contributed by atoms with Crippen molar-refractivity contribution >= 4 is 14.6 Å². The van der Waals surface area contributed by atoms with Crippen LogP contribution in [-0.2, 0) is 27.5 Å². The highest BCUT2D eigenvalue weighted by atomic mass is 28.4. The summed E-state index contributed by atoms with van der Waals surface area (Å²) in [5, 5.41) is 17.9. The molecule has 0 aliphatic carbocycles. The molecule has 0 aromatic rings. The Morgan fingerprint density at radius 1 is 1.43 bits per heavy atom. The smallest absolute Gasteiger partial charge is 0.393 e. The van der Waals surface area contributed by atoms with E-state index in [1.165, 1.54) is 14.2 Å². The van der Waals surface area contributed by atoms with Gasteiger partial charge in [-0.15, -0.1) is 0 Å². The first kappa shape index (κ1) is 18.7. The van der Waals surface area contributed by atoms with Crippen LogP contribution < -0.4 is 0 Å². The molecule has 1 saturated heterocycles. The lowest BCUT2D eigenvalue weighted by Gasteiger charge is -2.26. The maximum absolute atomic E-state index is 11.4. The molecule has 9 heteroatoms. The van der Waals surface area contributed by atoms with Crippen LogP contribution in [0.15, 0.2) is 0 Å². The van der Waals surface area contributed by atoms with Gasteiger partial charge in [0, 0.05) is 26.9 Å². The zero-order valence-electron chi connectivity index (χ0n) is 12.4. The summed E-state index contributed by atoms with van der Waals surface area (Å²) in [6.45, 7) is 0.877. The van der Waals surface area contributed by atoms with E-state index in [-0.39, 0.29) is 12.7 Å². The maximum Gasteiger partial charge on any atom is 0.500 e. The molecular weight excluding hydrogens is 300 g/mol. The van der Waals surface area contributed by atoms with Crippen LogP contribution >= 0.6 is 0 Å². The minimum Gasteiger partial charge on any atom is -0.393 e. The zero-order chi connectivity index (χ0) is 15.7. The molecule has 0 aromatic carbocycles. The van der Waals surface area contributed by atoms with E-state index in [4.69, 9.17) is 27.9 Å². The van der Waals surface area contributed by atoms with E-state index in [2.05, 4.69) is 0 Å². The highest BCUT2D eigenvalue weighted by Gasteiger charge is 2.39. The van der Waals surface area contributed by atoms with Gasteiger partial charge in [0.05, 0.1) is 26.4 Å². The number of carbonyl (C=O) groups excluding carboxylic acids is 1. The summed E-state index contributed by atoms with van der Waals surface area (Å²) in [5.74, 6) is -0.606. The molecule has 2 N–H and O–H groups in total. The summed E-state index contributed by atoms with van der Waals surface area (Å²) in [5.41, 5.74) is 0. The van der Waals surface area contributed by atoms with Crippen LogP contribution in [0.1, 0.15) is 6.42 Å². The average Bonchev–Trinajstić information content (AvgIpc) is 3.33. The molecule has 1 heterocycles. The molecule has 8 nitrogen and oxygen atoms in total. The molecule has 0 aromatic heterocycles. The molecule has 21 heavy (non-hydrogen) atoms. The van der Waals surface area contributed by atoms with Crippen LogP contribution in [0.4, 0.5) is 0 Å². The first-order chi connectivity index (χ1) is 10.1. The third-order valence-corrected chi connectivity index (χ3v) is 5.87. The average molecular weight is 324 g/mol. The molecule has 1 fully saturated rings. The number of aliphatic hydroxyl groups excluding tert-OH is 2. The summed E-state index contributed by atoms with van der Waals surface area (Å²) in [6, 6.07) is 0.494. The number of epoxide rings is 1. The molecular formula is C12H24O8Si. The lowest BCUT2D eigenvalue weighted by Crippen LogP contribution is -2.46. The Morgan fingerprint density at radius 3 is 2.62 bits per heavy atom. The minimum atomic E-state index is -2.95. The quantitative estimate of drug-likeness (QED) is 0.251. The predicted molar refractivity (Wildman–Crippen MR) is 73.8 cm³/mol. The Bertz CT molecular complexity index is 306. The number of hydrogen-bond donors (Lipinski definition) is 2. The monoisotopic (exact) mass is 324 g/mol. The van der Waals surface area contributed by atoms with Crippen molar-refractivity contribution in [1.82, 2.24) is 0 Å². The van der Waals surface area contributed by atoms with Crippen molar-refractivity contribution in [3.63, 3.8) is 0 Å². The standard InChI is InChI=1S/C12H24O8Si/c1-16-21(17-2,20-9-12(15)11(14)6-13)5-3-4-18-7-10-8-19-10/h10-11,13-14H,3-9H2,1-2H3. The highest BCUT2D eigenvalue weighted by Crippen LogP contribution is 2.17. The summed E-state index contributed by atoms with van der Waals surface area (Å²) < 4.78 is 26.5. The van der Waals surface area contributed by atoms with Gasteiger partial charge in [-0.3, -0.25) is 4.79 Å². The number of carbonyl (C=O) groups is 1. The van der Waals surface area contributed by atoms with Crippen molar-refractivity contribution in [2.75, 3.05) is 47.3 Å². The summed E-state index contributed by atoms with van der Waals surface area (Å²) in [7, 11) is -0.0315. The normalized spacial score (nSPS) is 19.5. The molecule has 0 amide bonds. The van der Waals surface area contributed by atoms with E-state index < -0.39 is 27.3 Å². The van der Waals surface area contributed by atoms with Crippen LogP contribution in [0.25, 0.3) is 0 Å². The minimum absolute atomic E-state index is 0.227. The fourth-order valence-corrected chi connectivity index (χ4v) is 3.52. The topological polar surface area (TPSA) is 107 Å². The first-order valence-electron chi connectivity index (χ1n) is 6.82. The van der Waals surface area contributed by atoms with Gasteiger partial charge in [0.2, 0.25) is 0 Å². The highest BCUT2D eigenvalue weighted by molar-refractivity contribution is 6.60. The van der Waals surface area contributed by atoms with E-state index in [0.717, 1.165) is 6.61 Å². The number of rotatable bonds is 13. The van der Waals surface area contributed by atoms with Crippen molar-refractivity contribution < 1.29 is 37.8 Å². The third-order valence-electron chi connectivity index (χ3n) is 3.08. The van der Waals surface area contributed by atoms with Crippen molar-refractivity contribution in [3.05, 3.63) is 0 Å². The first-order valence-corrected chi connectivity index (χ1v) is 8.75. The molecule has 1 rings (SSSR count). The van der Waals surface area contributed by atoms with Crippen molar-refractivity contribution in [3.8, 4) is 0 Å². The van der Waals surface area contributed by atoms with Gasteiger partial charge in [0.25, 0.3) is 0 Å². The Labute approximate surface area is 125 Å². The molecule has 0 saturated carbocycles. The number of hydrogen-bond acceptors (Lipinski definition) is 8. The van der Waals surface area contributed by atoms with Crippen molar-refractivity contribution in [2.24, 2.45) is 0 Å². The Morgan fingerprint density at radius 2 is 2.10 bits per heavy atom. The molecule has 0 spiro atoms. The van der Waals surface area contributed by atoms with Gasteiger partial charge in [-0.2, -0.15) is 0 Å². The number of aliphatic hydroxyl groups is 2. The van der Waals surface area contributed by atoms with Gasteiger partial charge in [0.1, 0.15) is 12.2 Å². The SMILES string of the molecule is CO[Si](CCCOCC1CO1)(OC)OCC(=O)C(O)CO. The molecule has 124 valence electrons. The largest absolute Gasteiger partial charge is 0.500 e. The van der Waals surface area contributed by atoms with Gasteiger partial charge in [-0.25, -0.2) is 0 Å². The summed E-state index contributed by atoms with van der Waals surface area (Å²) >= 11 is 0. The molecule has 1 aliphatic rings. The predicted octanol–water partition coefficient (Wildman–Crippen LogP) is -1.04. The Kier molecular flexibility index (Phi) is 8.52. The molecule has 0 radical (unpaired) electrons. The van der Waals surface area contributed by atoms with Gasteiger partial charge < -0.3 is 33.0 Å². The van der Waals surface area contributed by atoms with Crippen LogP contribution in [0.2, 0.25) is 6.04 Å². The van der Waals surface area contributed by atoms with E-state index in [1.807, 2.05) is 0 Å². The fraction of sp³-hybridized carbons (Fsp3) is 0.917. The summed E-state index contributed by atoms with van der Waals surface area (Å²) in [4.78, 5) is 11.4. The van der Waals surface area contributed by atoms with Gasteiger partial charge in [0.15, 0.2) is 5.78 Å². The van der Waals surface area contributed by atoms with Gasteiger partial charge in [-0.05, 0) is 6.42 Å². The van der Waals surface area contributed by atoms with Crippen LogP contribution in [0.3, 0.4) is 0 Å². The second-order valence-electron chi connectivity index (χ2n) is 4.68. The number of ether oxygens (including phenoxy) is 2. The third kappa shape index (κ3) is 6.93. The van der Waals surface area contributed by atoms with E-state index in [1.54, 1.807) is 0 Å². The Hall–Kier alpha value is -0.393. The Balaban J connectivity index is 2.28. The summed E-state index contributed by atoms with van der Waals surface area (Å²) in [6.07, 6.45) is -0.546. The lowest BCUT2D eigenvalue weighted by molar-refractivity contribution is -0.132. The van der Waals surface area contributed by atoms with Crippen LogP contribution in [-0.4, -0.2) is 84.3 Å². The maximum atomic E-state index is 11.4. The van der Waals surface area contributed by atoms with E-state index in [9.17, 15) is 9.90 Å². The van der Waals surface area contributed by atoms with Crippen molar-refractivity contribution in [2.45, 2.75) is 24.7 Å². The van der Waals surface area contributed by atoms with Crippen molar-refractivity contribution in [1.29, 1.82) is 0 Å². The van der Waals surface area contributed by atoms with E-state index >= 15 is 0 Å². The molecule has 2 atom stereocenters. The lowest BCUT2D eigenvalue weighted by atomic mass is 10.3. The number of ketones is 1. The van der Waals surface area contributed by atoms with Gasteiger partial charge >= 0.3 is 8.80 Å². The second kappa shape index (κ2) is 9.59. The van der Waals surface area contributed by atoms with Gasteiger partial charge in [-0.1, -0.05) is 0 Å².